The molecule has 0 saturated heterocycles. The van der Waals surface area contributed by atoms with Crippen molar-refractivity contribution in [2.45, 2.75) is 20.0 Å². The third kappa shape index (κ3) is 2.23. The van der Waals surface area contributed by atoms with Gasteiger partial charge >= 0.3 is 6.18 Å². The van der Waals surface area contributed by atoms with E-state index < -0.39 is 17.7 Å². The van der Waals surface area contributed by atoms with Crippen molar-refractivity contribution in [3.05, 3.63) is 47.0 Å². The van der Waals surface area contributed by atoms with Crippen LogP contribution in [-0.2, 0) is 6.18 Å². The van der Waals surface area contributed by atoms with Gasteiger partial charge in [0.2, 0.25) is 0 Å². The van der Waals surface area contributed by atoms with Gasteiger partial charge in [0.15, 0.2) is 5.69 Å². The van der Waals surface area contributed by atoms with Crippen LogP contribution in [0.3, 0.4) is 0 Å². The monoisotopic (exact) mass is 258 g/mol. The van der Waals surface area contributed by atoms with Gasteiger partial charge in [-0.05, 0) is 37.6 Å². The molecule has 0 spiro atoms. The van der Waals surface area contributed by atoms with Crippen molar-refractivity contribution in [2.75, 3.05) is 0 Å². The first kappa shape index (κ1) is 12.6. The third-order valence-electron chi connectivity index (χ3n) is 2.58. The molecular formula is C12H10F4N2. The molecule has 1 heterocycles. The third-order valence-corrected chi connectivity index (χ3v) is 2.58. The summed E-state index contributed by atoms with van der Waals surface area (Å²) in [7, 11) is 0. The van der Waals surface area contributed by atoms with E-state index in [4.69, 9.17) is 0 Å². The molecule has 0 amide bonds. The quantitative estimate of drug-likeness (QED) is 0.714. The zero-order valence-corrected chi connectivity index (χ0v) is 9.72. The Labute approximate surface area is 101 Å². The van der Waals surface area contributed by atoms with Crippen molar-refractivity contribution < 1.29 is 17.6 Å². The molecule has 0 aliphatic heterocycles. The Kier molecular flexibility index (Phi) is 2.88. The molecular weight excluding hydrogens is 248 g/mol. The van der Waals surface area contributed by atoms with Crippen LogP contribution in [0, 0.1) is 19.7 Å². The first-order valence-corrected chi connectivity index (χ1v) is 5.19. The highest BCUT2D eigenvalue weighted by Gasteiger charge is 2.34. The summed E-state index contributed by atoms with van der Waals surface area (Å²) in [5, 5.41) is 3.45. The fourth-order valence-corrected chi connectivity index (χ4v) is 1.59. The van der Waals surface area contributed by atoms with Crippen LogP contribution in [0.2, 0.25) is 0 Å². The molecule has 1 aromatic heterocycles. The van der Waals surface area contributed by atoms with Crippen molar-refractivity contribution in [1.82, 2.24) is 9.78 Å². The Morgan fingerprint density at radius 3 is 2.28 bits per heavy atom. The molecule has 96 valence electrons. The van der Waals surface area contributed by atoms with E-state index in [9.17, 15) is 17.6 Å². The van der Waals surface area contributed by atoms with Crippen LogP contribution in [0.1, 0.15) is 17.0 Å². The Balaban J connectivity index is 2.51. The number of benzene rings is 1. The van der Waals surface area contributed by atoms with Gasteiger partial charge in [-0.25, -0.2) is 9.07 Å². The highest BCUT2D eigenvalue weighted by atomic mass is 19.4. The largest absolute Gasteiger partial charge is 0.435 e. The van der Waals surface area contributed by atoms with E-state index in [1.54, 1.807) is 6.92 Å². The van der Waals surface area contributed by atoms with Gasteiger partial charge in [-0.15, -0.1) is 0 Å². The molecule has 0 fully saturated rings. The molecule has 0 aliphatic carbocycles. The molecule has 0 radical (unpaired) electrons. The lowest BCUT2D eigenvalue weighted by molar-refractivity contribution is -0.141. The highest BCUT2D eigenvalue weighted by molar-refractivity contribution is 5.36. The van der Waals surface area contributed by atoms with Gasteiger partial charge < -0.3 is 0 Å². The van der Waals surface area contributed by atoms with Gasteiger partial charge in [-0.2, -0.15) is 18.3 Å². The Bertz CT molecular complexity index is 584. The normalized spacial score (nSPS) is 11.9. The molecule has 0 N–H and O–H groups in total. The fourth-order valence-electron chi connectivity index (χ4n) is 1.59. The average Bonchev–Trinajstić information content (AvgIpc) is 2.64. The number of rotatable bonds is 1. The summed E-state index contributed by atoms with van der Waals surface area (Å²) >= 11 is 0. The van der Waals surface area contributed by atoms with Crippen LogP contribution in [0.4, 0.5) is 17.6 Å². The molecule has 0 saturated carbocycles. The smallest absolute Gasteiger partial charge is 0.237 e. The number of nitrogens with zero attached hydrogens (tertiary/aromatic N) is 2. The zero-order chi connectivity index (χ0) is 13.5. The van der Waals surface area contributed by atoms with Gasteiger partial charge in [-0.1, -0.05) is 6.07 Å². The Hall–Kier alpha value is -1.85. The molecule has 1 aromatic carbocycles. The lowest BCUT2D eigenvalue weighted by Crippen LogP contribution is -2.07. The highest BCUT2D eigenvalue weighted by Crippen LogP contribution is 2.29. The standard InChI is InChI=1S/C12H10F4N2/c1-7-3-4-9(6-10(7)13)18-8(2)5-11(17-18)12(14,15)16/h3-6H,1-2H3. The van der Waals surface area contributed by atoms with E-state index in [1.807, 2.05) is 0 Å². The summed E-state index contributed by atoms with van der Waals surface area (Å²) in [6.07, 6.45) is -4.50. The van der Waals surface area contributed by atoms with Gasteiger partial charge in [0.05, 0.1) is 5.69 Å². The van der Waals surface area contributed by atoms with Crippen molar-refractivity contribution in [2.24, 2.45) is 0 Å². The summed E-state index contributed by atoms with van der Waals surface area (Å²) in [5.41, 5.74) is 0.0114. The fraction of sp³-hybridized carbons (Fsp3) is 0.250. The van der Waals surface area contributed by atoms with Gasteiger partial charge in [0.25, 0.3) is 0 Å². The molecule has 6 heteroatoms. The minimum Gasteiger partial charge on any atom is -0.237 e. The predicted octanol–water partition coefficient (Wildman–Crippen LogP) is 3.65. The first-order chi connectivity index (χ1) is 8.29. The number of aryl methyl sites for hydroxylation is 2. The van der Waals surface area contributed by atoms with Crippen molar-refractivity contribution in [1.29, 1.82) is 0 Å². The maximum atomic E-state index is 13.4. The number of aromatic nitrogens is 2. The van der Waals surface area contributed by atoms with Crippen LogP contribution in [-0.4, -0.2) is 9.78 Å². The molecule has 2 aromatic rings. The first-order valence-electron chi connectivity index (χ1n) is 5.19. The van der Waals surface area contributed by atoms with Crippen molar-refractivity contribution in [3.8, 4) is 5.69 Å². The molecule has 18 heavy (non-hydrogen) atoms. The molecule has 0 atom stereocenters. The van der Waals surface area contributed by atoms with Crippen LogP contribution < -0.4 is 0 Å². The summed E-state index contributed by atoms with van der Waals surface area (Å²) < 4.78 is 51.9. The van der Waals surface area contributed by atoms with E-state index >= 15 is 0 Å². The minimum absolute atomic E-state index is 0.270. The average molecular weight is 258 g/mol. The van der Waals surface area contributed by atoms with Crippen molar-refractivity contribution >= 4 is 0 Å². The maximum absolute atomic E-state index is 13.4. The summed E-state index contributed by atoms with van der Waals surface area (Å²) in [6, 6.07) is 5.12. The van der Waals surface area contributed by atoms with Crippen LogP contribution in [0.15, 0.2) is 24.3 Å². The Morgan fingerprint density at radius 1 is 1.11 bits per heavy atom. The van der Waals surface area contributed by atoms with Crippen LogP contribution >= 0.6 is 0 Å². The molecule has 2 nitrogen and oxygen atoms in total. The lowest BCUT2D eigenvalue weighted by Gasteiger charge is -2.06. The zero-order valence-electron chi connectivity index (χ0n) is 9.72. The van der Waals surface area contributed by atoms with Crippen LogP contribution in [0.25, 0.3) is 5.69 Å². The van der Waals surface area contributed by atoms with Crippen LogP contribution in [0.5, 0.6) is 0 Å². The summed E-state index contributed by atoms with van der Waals surface area (Å²) in [6.45, 7) is 3.07. The number of alkyl halides is 3. The topological polar surface area (TPSA) is 17.8 Å². The van der Waals surface area contributed by atoms with E-state index in [-0.39, 0.29) is 5.69 Å². The maximum Gasteiger partial charge on any atom is 0.435 e. The Morgan fingerprint density at radius 2 is 1.78 bits per heavy atom. The van der Waals surface area contributed by atoms with E-state index in [1.165, 1.54) is 19.1 Å². The predicted molar refractivity (Wildman–Crippen MR) is 58.0 cm³/mol. The lowest BCUT2D eigenvalue weighted by atomic mass is 10.2. The SMILES string of the molecule is Cc1ccc(-n2nc(C(F)(F)F)cc2C)cc1F. The summed E-state index contributed by atoms with van der Waals surface area (Å²) in [4.78, 5) is 0. The number of hydrogen-bond donors (Lipinski definition) is 0. The van der Waals surface area contributed by atoms with Gasteiger partial charge in [0, 0.05) is 5.69 Å². The molecule has 0 unspecified atom stereocenters. The second-order valence-electron chi connectivity index (χ2n) is 4.01. The second kappa shape index (κ2) is 4.12. The van der Waals surface area contributed by atoms with Gasteiger partial charge in [-0.3, -0.25) is 0 Å². The van der Waals surface area contributed by atoms with E-state index in [0.717, 1.165) is 16.8 Å². The molecule has 0 bridgehead atoms. The molecule has 0 aliphatic rings. The molecule has 2 rings (SSSR count). The van der Waals surface area contributed by atoms with E-state index in [2.05, 4.69) is 5.10 Å². The minimum atomic E-state index is -4.50. The number of halogens is 4. The van der Waals surface area contributed by atoms with Gasteiger partial charge in [0.1, 0.15) is 5.82 Å². The summed E-state index contributed by atoms with van der Waals surface area (Å²) in [5.74, 6) is -0.476. The second-order valence-corrected chi connectivity index (χ2v) is 4.01. The number of hydrogen-bond acceptors (Lipinski definition) is 1. The van der Waals surface area contributed by atoms with Crippen molar-refractivity contribution in [3.63, 3.8) is 0 Å². The van der Waals surface area contributed by atoms with E-state index in [0.29, 0.717) is 11.3 Å².